The first-order valence-electron chi connectivity index (χ1n) is 7.37. The van der Waals surface area contributed by atoms with Gasteiger partial charge in [-0.2, -0.15) is 0 Å². The smallest absolute Gasteiger partial charge is 0.144 e. The molecule has 1 N–H and O–H groups in total. The van der Waals surface area contributed by atoms with E-state index < -0.39 is 0 Å². The molecule has 20 heavy (non-hydrogen) atoms. The first-order valence-corrected chi connectivity index (χ1v) is 8.16. The standard InChI is InChI=1S/C16H24BrN3/c1-5-13-14(17)15(19-10-18-13)20-12-8-6-11(7-9-12)16(2,3)4/h6,10,12H,5,7-9H2,1-4H3,(H,18,19,20). The third kappa shape index (κ3) is 3.60. The van der Waals surface area contributed by atoms with Crippen LogP contribution >= 0.6 is 15.9 Å². The molecule has 0 bridgehead atoms. The average Bonchev–Trinajstić information content (AvgIpc) is 2.41. The van der Waals surface area contributed by atoms with Gasteiger partial charge in [-0.3, -0.25) is 0 Å². The minimum absolute atomic E-state index is 0.301. The Hall–Kier alpha value is -0.900. The fourth-order valence-corrected chi connectivity index (χ4v) is 3.19. The summed E-state index contributed by atoms with van der Waals surface area (Å²) in [5.74, 6) is 0.925. The summed E-state index contributed by atoms with van der Waals surface area (Å²) in [5, 5.41) is 3.55. The number of allylic oxidation sites excluding steroid dienone is 1. The Morgan fingerprint density at radius 1 is 1.35 bits per heavy atom. The number of nitrogens with zero attached hydrogens (tertiary/aromatic N) is 2. The average molecular weight is 338 g/mol. The van der Waals surface area contributed by atoms with E-state index in [1.165, 1.54) is 12.8 Å². The predicted octanol–water partition coefficient (Wildman–Crippen LogP) is 4.74. The number of rotatable bonds is 3. The Kier molecular flexibility index (Phi) is 4.84. The molecule has 2 rings (SSSR count). The molecule has 0 radical (unpaired) electrons. The fourth-order valence-electron chi connectivity index (χ4n) is 2.59. The minimum atomic E-state index is 0.301. The van der Waals surface area contributed by atoms with Gasteiger partial charge >= 0.3 is 0 Å². The maximum atomic E-state index is 4.36. The zero-order valence-corrected chi connectivity index (χ0v) is 14.4. The molecule has 0 aliphatic heterocycles. The molecule has 1 heterocycles. The van der Waals surface area contributed by atoms with Crippen LogP contribution in [-0.4, -0.2) is 16.0 Å². The highest BCUT2D eigenvalue weighted by Crippen LogP contribution is 2.34. The molecule has 110 valence electrons. The van der Waals surface area contributed by atoms with Gasteiger partial charge in [0.2, 0.25) is 0 Å². The summed E-state index contributed by atoms with van der Waals surface area (Å²) in [6.07, 6.45) is 8.37. The van der Waals surface area contributed by atoms with E-state index in [0.717, 1.165) is 28.8 Å². The molecule has 1 atom stereocenters. The normalized spacial score (nSPS) is 19.6. The van der Waals surface area contributed by atoms with Crippen LogP contribution in [-0.2, 0) is 6.42 Å². The molecule has 1 unspecified atom stereocenters. The van der Waals surface area contributed by atoms with Crippen LogP contribution in [0.25, 0.3) is 0 Å². The van der Waals surface area contributed by atoms with Crippen molar-refractivity contribution in [1.82, 2.24) is 9.97 Å². The van der Waals surface area contributed by atoms with E-state index in [2.05, 4.69) is 65.0 Å². The quantitative estimate of drug-likeness (QED) is 0.809. The highest BCUT2D eigenvalue weighted by molar-refractivity contribution is 9.10. The van der Waals surface area contributed by atoms with Crippen LogP contribution in [0.15, 0.2) is 22.4 Å². The third-order valence-corrected chi connectivity index (χ3v) is 4.74. The van der Waals surface area contributed by atoms with Gasteiger partial charge in [0.25, 0.3) is 0 Å². The van der Waals surface area contributed by atoms with E-state index in [1.807, 2.05) is 0 Å². The van der Waals surface area contributed by atoms with Crippen molar-refractivity contribution in [2.75, 3.05) is 5.32 Å². The van der Waals surface area contributed by atoms with Crippen LogP contribution in [0.3, 0.4) is 0 Å². The van der Waals surface area contributed by atoms with Crippen molar-refractivity contribution < 1.29 is 0 Å². The summed E-state index contributed by atoms with van der Waals surface area (Å²) in [6.45, 7) is 8.99. The Morgan fingerprint density at radius 2 is 2.10 bits per heavy atom. The van der Waals surface area contributed by atoms with Gasteiger partial charge < -0.3 is 5.32 Å². The van der Waals surface area contributed by atoms with Crippen LogP contribution in [0, 0.1) is 5.41 Å². The molecule has 4 heteroatoms. The molecular formula is C16H24BrN3. The second kappa shape index (κ2) is 6.25. The van der Waals surface area contributed by atoms with E-state index in [9.17, 15) is 0 Å². The van der Waals surface area contributed by atoms with Crippen molar-refractivity contribution in [2.24, 2.45) is 5.41 Å². The van der Waals surface area contributed by atoms with E-state index in [4.69, 9.17) is 0 Å². The summed E-state index contributed by atoms with van der Waals surface area (Å²) >= 11 is 3.61. The van der Waals surface area contributed by atoms with Gasteiger partial charge in [-0.05, 0) is 47.0 Å². The molecule has 0 saturated carbocycles. The predicted molar refractivity (Wildman–Crippen MR) is 87.9 cm³/mol. The highest BCUT2D eigenvalue weighted by atomic mass is 79.9. The van der Waals surface area contributed by atoms with Gasteiger partial charge in [-0.1, -0.05) is 39.3 Å². The van der Waals surface area contributed by atoms with E-state index in [0.29, 0.717) is 11.5 Å². The number of hydrogen-bond acceptors (Lipinski definition) is 3. The van der Waals surface area contributed by atoms with Crippen LogP contribution < -0.4 is 5.32 Å². The highest BCUT2D eigenvalue weighted by Gasteiger charge is 2.23. The summed E-state index contributed by atoms with van der Waals surface area (Å²) in [6, 6.07) is 0.469. The number of anilines is 1. The maximum Gasteiger partial charge on any atom is 0.144 e. The van der Waals surface area contributed by atoms with Gasteiger partial charge in [-0.15, -0.1) is 0 Å². The van der Waals surface area contributed by atoms with E-state index in [1.54, 1.807) is 11.9 Å². The van der Waals surface area contributed by atoms with Crippen molar-refractivity contribution >= 4 is 21.7 Å². The van der Waals surface area contributed by atoms with E-state index >= 15 is 0 Å². The lowest BCUT2D eigenvalue weighted by Gasteiger charge is -2.30. The molecule has 0 saturated heterocycles. The van der Waals surface area contributed by atoms with Crippen LogP contribution in [0.2, 0.25) is 0 Å². The van der Waals surface area contributed by atoms with Crippen molar-refractivity contribution in [2.45, 2.75) is 59.4 Å². The zero-order chi connectivity index (χ0) is 14.8. The minimum Gasteiger partial charge on any atom is -0.366 e. The molecular weight excluding hydrogens is 314 g/mol. The SMILES string of the molecule is CCc1ncnc(NC2CC=C(C(C)(C)C)CC2)c1Br. The van der Waals surface area contributed by atoms with Crippen molar-refractivity contribution in [1.29, 1.82) is 0 Å². The van der Waals surface area contributed by atoms with Crippen LogP contribution in [0.1, 0.15) is 52.7 Å². The number of aryl methyl sites for hydroxylation is 1. The Balaban J connectivity index is 2.05. The lowest BCUT2D eigenvalue weighted by atomic mass is 9.79. The second-order valence-electron chi connectivity index (χ2n) is 6.43. The van der Waals surface area contributed by atoms with E-state index in [-0.39, 0.29) is 0 Å². The van der Waals surface area contributed by atoms with Gasteiger partial charge in [-0.25, -0.2) is 9.97 Å². The lowest BCUT2D eigenvalue weighted by Crippen LogP contribution is -2.25. The summed E-state index contributed by atoms with van der Waals surface area (Å²) in [4.78, 5) is 8.64. The molecule has 1 aliphatic rings. The fraction of sp³-hybridized carbons (Fsp3) is 0.625. The van der Waals surface area contributed by atoms with Crippen molar-refractivity contribution in [3.63, 3.8) is 0 Å². The van der Waals surface area contributed by atoms with Crippen molar-refractivity contribution in [3.8, 4) is 0 Å². The van der Waals surface area contributed by atoms with Gasteiger partial charge in [0.15, 0.2) is 0 Å². The molecule has 1 aliphatic carbocycles. The topological polar surface area (TPSA) is 37.8 Å². The Labute approximate surface area is 130 Å². The molecule has 0 aromatic carbocycles. The zero-order valence-electron chi connectivity index (χ0n) is 12.8. The van der Waals surface area contributed by atoms with Gasteiger partial charge in [0.05, 0.1) is 10.2 Å². The largest absolute Gasteiger partial charge is 0.366 e. The Morgan fingerprint density at radius 3 is 2.65 bits per heavy atom. The van der Waals surface area contributed by atoms with Crippen molar-refractivity contribution in [3.05, 3.63) is 28.1 Å². The van der Waals surface area contributed by atoms with Crippen LogP contribution in [0.5, 0.6) is 0 Å². The van der Waals surface area contributed by atoms with Crippen LogP contribution in [0.4, 0.5) is 5.82 Å². The monoisotopic (exact) mass is 337 g/mol. The third-order valence-electron chi connectivity index (χ3n) is 3.91. The number of aromatic nitrogens is 2. The lowest BCUT2D eigenvalue weighted by molar-refractivity contribution is 0.450. The molecule has 1 aromatic rings. The molecule has 3 nitrogen and oxygen atoms in total. The number of hydrogen-bond donors (Lipinski definition) is 1. The first kappa shape index (κ1) is 15.5. The second-order valence-corrected chi connectivity index (χ2v) is 7.22. The first-order chi connectivity index (χ1) is 9.41. The molecule has 0 spiro atoms. The molecule has 1 aromatic heterocycles. The molecule has 0 amide bonds. The summed E-state index contributed by atoms with van der Waals surface area (Å²) in [7, 11) is 0. The summed E-state index contributed by atoms with van der Waals surface area (Å²) < 4.78 is 1.01. The number of nitrogens with one attached hydrogen (secondary N) is 1. The van der Waals surface area contributed by atoms with Gasteiger partial charge in [0.1, 0.15) is 12.1 Å². The number of halogens is 1. The Bertz CT molecular complexity index is 503. The summed E-state index contributed by atoms with van der Waals surface area (Å²) in [5.41, 5.74) is 2.94. The van der Waals surface area contributed by atoms with Gasteiger partial charge in [0, 0.05) is 6.04 Å². The maximum absolute atomic E-state index is 4.36. The molecule has 0 fully saturated rings.